The summed E-state index contributed by atoms with van der Waals surface area (Å²) in [6.07, 6.45) is 8.63. The third-order valence-corrected chi connectivity index (χ3v) is 12.0. The predicted molar refractivity (Wildman–Crippen MR) is 229 cm³/mol. The molecule has 0 amide bonds. The van der Waals surface area contributed by atoms with Gasteiger partial charge in [0.2, 0.25) is 5.95 Å². The number of rotatable bonds is 4. The van der Waals surface area contributed by atoms with Gasteiger partial charge in [-0.1, -0.05) is 140 Å². The maximum Gasteiger partial charge on any atom is 0.235 e. The van der Waals surface area contributed by atoms with E-state index in [1.807, 2.05) is 6.07 Å². The summed E-state index contributed by atoms with van der Waals surface area (Å²) in [4.78, 5) is 10.8. The van der Waals surface area contributed by atoms with Crippen molar-refractivity contribution < 1.29 is 4.74 Å². The molecular weight excluding hydrogens is 685 g/mol. The Kier molecular flexibility index (Phi) is 6.47. The molecule has 7 aromatic carbocycles. The second kappa shape index (κ2) is 11.6. The Morgan fingerprint density at radius 3 is 2.12 bits per heavy atom. The van der Waals surface area contributed by atoms with E-state index < -0.39 is 0 Å². The van der Waals surface area contributed by atoms with E-state index in [0.29, 0.717) is 5.95 Å². The average molecular weight is 719 g/mol. The smallest absolute Gasteiger partial charge is 0.235 e. The number of hydrogen-bond donors (Lipinski definition) is 0. The molecule has 2 unspecified atom stereocenters. The van der Waals surface area contributed by atoms with Crippen LogP contribution in [-0.4, -0.2) is 25.2 Å². The number of aromatic nitrogens is 4. The average Bonchev–Trinajstić information content (AvgIpc) is 3.89. The van der Waals surface area contributed by atoms with Crippen molar-refractivity contribution in [2.75, 3.05) is 0 Å². The summed E-state index contributed by atoms with van der Waals surface area (Å²) in [7, 11) is 0. The molecule has 264 valence electrons. The Morgan fingerprint density at radius 1 is 0.554 bits per heavy atom. The van der Waals surface area contributed by atoms with Crippen molar-refractivity contribution in [3.8, 4) is 39.8 Å². The van der Waals surface area contributed by atoms with Crippen LogP contribution in [0.3, 0.4) is 0 Å². The molecule has 56 heavy (non-hydrogen) atoms. The van der Waals surface area contributed by atoms with Crippen LogP contribution < -0.4 is 4.74 Å². The summed E-state index contributed by atoms with van der Waals surface area (Å²) in [5.74, 6) is 1.59. The van der Waals surface area contributed by atoms with Gasteiger partial charge in [0.05, 0.1) is 38.7 Å². The van der Waals surface area contributed by atoms with Crippen molar-refractivity contribution in [3.05, 3.63) is 188 Å². The van der Waals surface area contributed by atoms with Gasteiger partial charge in [0, 0.05) is 49.3 Å². The Balaban J connectivity index is 1.21. The molecule has 10 aromatic rings. The number of para-hydroxylation sites is 4. The molecule has 0 saturated carbocycles. The van der Waals surface area contributed by atoms with Crippen molar-refractivity contribution in [2.45, 2.75) is 18.4 Å². The van der Waals surface area contributed by atoms with E-state index in [9.17, 15) is 0 Å². The number of hydrogen-bond acceptors (Lipinski definition) is 3. The summed E-state index contributed by atoms with van der Waals surface area (Å²) in [6, 6.07) is 56.1. The fourth-order valence-corrected chi connectivity index (χ4v) is 9.31. The maximum atomic E-state index is 6.76. The standard InChI is InChI=1S/C51H34N4O/c1-51-30-13-12-25-45(51)56-49-35(21-14-22-41(49)51)33-26-29-44-40(31-33)38-28-27-37-36-19-9-11-24-43(36)54(34-17-6-3-7-18-34)47(37)48(38)55(44)50-52-42-23-10-8-20-39(42)46(53-50)32-15-4-2-5-16-32/h2-31,45H,1H3. The van der Waals surface area contributed by atoms with E-state index >= 15 is 0 Å². The van der Waals surface area contributed by atoms with Crippen molar-refractivity contribution in [1.29, 1.82) is 0 Å². The predicted octanol–water partition coefficient (Wildman–Crippen LogP) is 12.3. The highest BCUT2D eigenvalue weighted by Crippen LogP contribution is 2.51. The van der Waals surface area contributed by atoms with E-state index in [4.69, 9.17) is 14.7 Å². The molecular formula is C51H34N4O. The molecule has 2 aliphatic rings. The quantitative estimate of drug-likeness (QED) is 0.182. The Morgan fingerprint density at radius 2 is 1.27 bits per heavy atom. The monoisotopic (exact) mass is 718 g/mol. The molecule has 3 aromatic heterocycles. The fraction of sp³-hybridized carbons (Fsp3) is 0.0588. The normalized spacial score (nSPS) is 17.3. The zero-order chi connectivity index (χ0) is 37.0. The number of ether oxygens (including phenoxy) is 1. The molecule has 1 aliphatic carbocycles. The van der Waals surface area contributed by atoms with E-state index in [-0.39, 0.29) is 11.5 Å². The van der Waals surface area contributed by atoms with E-state index in [2.05, 4.69) is 192 Å². The molecule has 0 N–H and O–H groups in total. The highest BCUT2D eigenvalue weighted by Gasteiger charge is 2.44. The van der Waals surface area contributed by atoms with Crippen LogP contribution in [0.5, 0.6) is 5.75 Å². The number of fused-ring (bicyclic) bond motifs is 11. The van der Waals surface area contributed by atoms with Gasteiger partial charge in [-0.25, -0.2) is 9.97 Å². The highest BCUT2D eigenvalue weighted by atomic mass is 16.5. The topological polar surface area (TPSA) is 44.9 Å². The van der Waals surface area contributed by atoms with Crippen LogP contribution in [0.25, 0.3) is 88.5 Å². The molecule has 0 bridgehead atoms. The fourth-order valence-electron chi connectivity index (χ4n) is 9.31. The van der Waals surface area contributed by atoms with Crippen molar-refractivity contribution in [2.24, 2.45) is 0 Å². The minimum Gasteiger partial charge on any atom is -0.484 e. The zero-order valence-corrected chi connectivity index (χ0v) is 30.6. The van der Waals surface area contributed by atoms with Gasteiger partial charge in [-0.3, -0.25) is 4.57 Å². The Hall–Kier alpha value is -7.24. The molecule has 0 radical (unpaired) electrons. The van der Waals surface area contributed by atoms with Crippen LogP contribution in [0.2, 0.25) is 0 Å². The third-order valence-electron chi connectivity index (χ3n) is 12.0. The van der Waals surface area contributed by atoms with Crippen molar-refractivity contribution >= 4 is 54.5 Å². The Labute approximate surface area is 323 Å². The zero-order valence-electron chi connectivity index (χ0n) is 30.6. The molecule has 0 saturated heterocycles. The molecule has 0 fully saturated rings. The minimum atomic E-state index is -0.208. The van der Waals surface area contributed by atoms with Crippen molar-refractivity contribution in [1.82, 2.24) is 19.1 Å². The first-order valence-corrected chi connectivity index (χ1v) is 19.2. The maximum absolute atomic E-state index is 6.76. The first kappa shape index (κ1) is 31.1. The summed E-state index contributed by atoms with van der Waals surface area (Å²) in [5, 5.41) is 5.65. The van der Waals surface area contributed by atoms with Crippen molar-refractivity contribution in [3.63, 3.8) is 0 Å². The summed E-state index contributed by atoms with van der Waals surface area (Å²) >= 11 is 0. The first-order chi connectivity index (χ1) is 27.7. The molecule has 12 rings (SSSR count). The molecule has 2 atom stereocenters. The molecule has 1 aliphatic heterocycles. The highest BCUT2D eigenvalue weighted by molar-refractivity contribution is 6.24. The van der Waals surface area contributed by atoms with E-state index in [1.54, 1.807) is 0 Å². The van der Waals surface area contributed by atoms with Gasteiger partial charge in [0.1, 0.15) is 11.9 Å². The van der Waals surface area contributed by atoms with Gasteiger partial charge in [0.15, 0.2) is 0 Å². The number of nitrogens with zero attached hydrogens (tertiary/aromatic N) is 4. The van der Waals surface area contributed by atoms with Gasteiger partial charge in [-0.2, -0.15) is 0 Å². The second-order valence-corrected chi connectivity index (χ2v) is 15.1. The first-order valence-electron chi connectivity index (χ1n) is 19.2. The van der Waals surface area contributed by atoms with E-state index in [1.165, 1.54) is 16.3 Å². The van der Waals surface area contributed by atoms with Crippen LogP contribution >= 0.6 is 0 Å². The SMILES string of the molecule is CC12C=CC=CC1Oc1c(-c3ccc4c(c3)c3ccc5c6ccccc6n(-c6ccccc6)c5c3n4-c3nc(-c4ccccc4)c4ccccc4n3)cccc12. The lowest BCUT2D eigenvalue weighted by molar-refractivity contribution is 0.228. The minimum absolute atomic E-state index is 0.0358. The second-order valence-electron chi connectivity index (χ2n) is 15.1. The lowest BCUT2D eigenvalue weighted by Crippen LogP contribution is -2.32. The molecule has 0 spiro atoms. The van der Waals surface area contributed by atoms with Crippen LogP contribution in [0.4, 0.5) is 0 Å². The summed E-state index contributed by atoms with van der Waals surface area (Å²) in [5.41, 5.74) is 11.5. The van der Waals surface area contributed by atoms with Crippen LogP contribution in [0, 0.1) is 0 Å². The summed E-state index contributed by atoms with van der Waals surface area (Å²) < 4.78 is 11.5. The lowest BCUT2D eigenvalue weighted by atomic mass is 9.76. The number of allylic oxidation sites excluding steroid dienone is 2. The summed E-state index contributed by atoms with van der Waals surface area (Å²) in [6.45, 7) is 2.27. The van der Waals surface area contributed by atoms with E-state index in [0.717, 1.165) is 77.6 Å². The van der Waals surface area contributed by atoms with Crippen LogP contribution in [0.1, 0.15) is 12.5 Å². The third kappa shape index (κ3) is 4.31. The van der Waals surface area contributed by atoms with Gasteiger partial charge in [-0.05, 0) is 55.0 Å². The molecule has 4 heterocycles. The largest absolute Gasteiger partial charge is 0.484 e. The molecule has 5 heteroatoms. The Bertz CT molecular complexity index is 3300. The van der Waals surface area contributed by atoms with Crippen LogP contribution in [-0.2, 0) is 5.41 Å². The van der Waals surface area contributed by atoms with Gasteiger partial charge in [0.25, 0.3) is 0 Å². The molecule has 5 nitrogen and oxygen atoms in total. The van der Waals surface area contributed by atoms with Gasteiger partial charge in [-0.15, -0.1) is 0 Å². The van der Waals surface area contributed by atoms with Gasteiger partial charge < -0.3 is 9.30 Å². The number of benzene rings is 7. The van der Waals surface area contributed by atoms with Crippen LogP contribution in [0.15, 0.2) is 182 Å². The lowest BCUT2D eigenvalue weighted by Gasteiger charge is -2.26. The van der Waals surface area contributed by atoms with Gasteiger partial charge >= 0.3 is 0 Å².